The molecule has 0 saturated carbocycles. The summed E-state index contributed by atoms with van der Waals surface area (Å²) in [6, 6.07) is 8.73. The topological polar surface area (TPSA) is 54.0 Å². The highest BCUT2D eigenvalue weighted by Crippen LogP contribution is 2.14. The van der Waals surface area contributed by atoms with Crippen LogP contribution in [0.1, 0.15) is 72.7 Å². The molecule has 1 rings (SSSR count). The van der Waals surface area contributed by atoms with Gasteiger partial charge in [-0.2, -0.15) is 4.89 Å². The van der Waals surface area contributed by atoms with E-state index < -0.39 is 11.6 Å². The van der Waals surface area contributed by atoms with Gasteiger partial charge in [-0.1, -0.05) is 18.2 Å². The molecule has 0 aliphatic rings. The molecule has 0 amide bonds. The maximum absolute atomic E-state index is 11.3. The van der Waals surface area contributed by atoms with Crippen LogP contribution in [0.15, 0.2) is 30.3 Å². The Hall–Kier alpha value is -1.43. The first-order chi connectivity index (χ1) is 10.7. The second-order valence-electron chi connectivity index (χ2n) is 8.32. The van der Waals surface area contributed by atoms with Gasteiger partial charge in [0.2, 0.25) is 0 Å². The largest absolute Gasteiger partial charge is 0.373 e. The van der Waals surface area contributed by atoms with Crippen LogP contribution in [0.4, 0.5) is 0 Å². The van der Waals surface area contributed by atoms with Gasteiger partial charge in [-0.3, -0.25) is 4.89 Å². The van der Waals surface area contributed by atoms with Crippen molar-refractivity contribution in [3.8, 4) is 0 Å². The van der Waals surface area contributed by atoms with E-state index in [1.807, 2.05) is 68.4 Å². The molecular formula is C19H32O5. The number of hydrogen-bond donors (Lipinski definition) is 0. The van der Waals surface area contributed by atoms with Gasteiger partial charge in [-0.15, -0.1) is 0 Å². The monoisotopic (exact) mass is 340 g/mol. The summed E-state index contributed by atoms with van der Waals surface area (Å²) in [7, 11) is 0. The molecule has 0 unspecified atom stereocenters. The van der Waals surface area contributed by atoms with Crippen LogP contribution in [0.3, 0.4) is 0 Å². The Kier molecular flexibility index (Phi) is 8.61. The average Bonchev–Trinajstić information content (AvgIpc) is 2.42. The van der Waals surface area contributed by atoms with Gasteiger partial charge in [0.05, 0.1) is 16.8 Å². The smallest absolute Gasteiger partial charge is 0.292 e. The van der Waals surface area contributed by atoms with Crippen LogP contribution in [-0.2, 0) is 19.6 Å². The van der Waals surface area contributed by atoms with Gasteiger partial charge in [-0.25, -0.2) is 14.6 Å². The van der Waals surface area contributed by atoms with Gasteiger partial charge in [-0.05, 0) is 74.4 Å². The van der Waals surface area contributed by atoms with Crippen LogP contribution in [0, 0.1) is 0 Å². The fraction of sp³-hybridized carbons (Fsp3) is 0.632. The van der Waals surface area contributed by atoms with Crippen molar-refractivity contribution >= 4 is 5.97 Å². The zero-order valence-corrected chi connectivity index (χ0v) is 16.4. The standard InChI is InChI=1S/C11H14O3.C8H18O2/c1-11(2,3)14-13-10(12)9-7-5-4-6-8-9;1-7(2,3)9-10-8(4,5)6/h4-8H,1-3H3;1-6H3. The summed E-state index contributed by atoms with van der Waals surface area (Å²) in [6.45, 7) is 17.2. The summed E-state index contributed by atoms with van der Waals surface area (Å²) in [5.41, 5.74) is -0.429. The van der Waals surface area contributed by atoms with Crippen molar-refractivity contribution < 1.29 is 24.3 Å². The van der Waals surface area contributed by atoms with Gasteiger partial charge in [0.15, 0.2) is 0 Å². The van der Waals surface area contributed by atoms with Crippen molar-refractivity contribution in [3.63, 3.8) is 0 Å². The van der Waals surface area contributed by atoms with E-state index in [1.54, 1.807) is 24.3 Å². The van der Waals surface area contributed by atoms with Crippen molar-refractivity contribution in [2.75, 3.05) is 0 Å². The molecule has 0 bridgehead atoms. The Bertz CT molecular complexity index is 461. The van der Waals surface area contributed by atoms with Crippen LogP contribution in [0.5, 0.6) is 0 Å². The van der Waals surface area contributed by atoms with Crippen LogP contribution in [-0.4, -0.2) is 22.8 Å². The van der Waals surface area contributed by atoms with Gasteiger partial charge >= 0.3 is 5.97 Å². The molecule has 0 spiro atoms. The maximum atomic E-state index is 11.3. The first-order valence-electron chi connectivity index (χ1n) is 8.01. The van der Waals surface area contributed by atoms with Crippen molar-refractivity contribution in [2.24, 2.45) is 0 Å². The molecule has 0 heterocycles. The fourth-order valence-corrected chi connectivity index (χ4v) is 1.04. The molecule has 0 aliphatic heterocycles. The van der Waals surface area contributed by atoms with Crippen molar-refractivity contribution in [1.29, 1.82) is 0 Å². The van der Waals surface area contributed by atoms with Crippen LogP contribution < -0.4 is 0 Å². The van der Waals surface area contributed by atoms with Crippen LogP contribution in [0.25, 0.3) is 0 Å². The molecule has 0 aromatic heterocycles. The predicted molar refractivity (Wildman–Crippen MR) is 94.4 cm³/mol. The summed E-state index contributed by atoms with van der Waals surface area (Å²) >= 11 is 0. The fourth-order valence-electron chi connectivity index (χ4n) is 1.04. The SMILES string of the molecule is CC(C)(C)OOC(=O)c1ccccc1.CC(C)(C)OOC(C)(C)C. The molecule has 0 saturated heterocycles. The molecule has 0 N–H and O–H groups in total. The van der Waals surface area contributed by atoms with Crippen LogP contribution in [0.2, 0.25) is 0 Å². The lowest BCUT2D eigenvalue weighted by molar-refractivity contribution is -0.393. The predicted octanol–water partition coefficient (Wildman–Crippen LogP) is 5.11. The molecule has 5 heteroatoms. The van der Waals surface area contributed by atoms with E-state index in [0.717, 1.165) is 0 Å². The maximum Gasteiger partial charge on any atom is 0.373 e. The zero-order chi connectivity index (χ0) is 19.0. The van der Waals surface area contributed by atoms with Crippen molar-refractivity contribution in [1.82, 2.24) is 0 Å². The molecule has 24 heavy (non-hydrogen) atoms. The molecule has 5 nitrogen and oxygen atoms in total. The second-order valence-corrected chi connectivity index (χ2v) is 8.32. The quantitative estimate of drug-likeness (QED) is 0.565. The van der Waals surface area contributed by atoms with E-state index in [2.05, 4.69) is 4.89 Å². The lowest BCUT2D eigenvalue weighted by Crippen LogP contribution is -2.27. The van der Waals surface area contributed by atoms with Gasteiger partial charge in [0.1, 0.15) is 5.60 Å². The zero-order valence-electron chi connectivity index (χ0n) is 16.4. The number of benzene rings is 1. The molecule has 0 aliphatic carbocycles. The first kappa shape index (κ1) is 22.6. The van der Waals surface area contributed by atoms with Crippen LogP contribution >= 0.6 is 0 Å². The van der Waals surface area contributed by atoms with E-state index in [1.165, 1.54) is 0 Å². The summed E-state index contributed by atoms with van der Waals surface area (Å²) < 4.78 is 0. The van der Waals surface area contributed by atoms with Gasteiger partial charge in [0, 0.05) is 0 Å². The molecule has 1 aromatic rings. The van der Waals surface area contributed by atoms with Gasteiger partial charge in [0.25, 0.3) is 0 Å². The van der Waals surface area contributed by atoms with E-state index in [9.17, 15) is 4.79 Å². The van der Waals surface area contributed by atoms with E-state index in [4.69, 9.17) is 14.7 Å². The lowest BCUT2D eigenvalue weighted by Gasteiger charge is -2.24. The summed E-state index contributed by atoms with van der Waals surface area (Å²) in [4.78, 5) is 31.1. The Balaban J connectivity index is 0.000000470. The van der Waals surface area contributed by atoms with Gasteiger partial charge < -0.3 is 0 Å². The summed E-state index contributed by atoms with van der Waals surface area (Å²) in [6.07, 6.45) is 0. The summed E-state index contributed by atoms with van der Waals surface area (Å²) in [5, 5.41) is 0. The molecule has 1 aromatic carbocycles. The van der Waals surface area contributed by atoms with E-state index in [-0.39, 0.29) is 11.2 Å². The minimum Gasteiger partial charge on any atom is -0.292 e. The summed E-state index contributed by atoms with van der Waals surface area (Å²) in [5.74, 6) is -0.472. The number of carbonyl (C=O) groups is 1. The molecule has 0 radical (unpaired) electrons. The van der Waals surface area contributed by atoms with Crippen molar-refractivity contribution in [3.05, 3.63) is 35.9 Å². The first-order valence-corrected chi connectivity index (χ1v) is 8.01. The van der Waals surface area contributed by atoms with E-state index in [0.29, 0.717) is 5.56 Å². The second kappa shape index (κ2) is 9.16. The minimum absolute atomic E-state index is 0.215. The molecular weight excluding hydrogens is 308 g/mol. The Morgan fingerprint density at radius 3 is 1.38 bits per heavy atom. The average molecular weight is 340 g/mol. The molecule has 138 valence electrons. The normalized spacial score (nSPS) is 12.2. The lowest BCUT2D eigenvalue weighted by atomic mass is 10.2. The Morgan fingerprint density at radius 2 is 1.04 bits per heavy atom. The highest BCUT2D eigenvalue weighted by molar-refractivity contribution is 5.88. The number of carbonyl (C=O) groups excluding carboxylic acids is 1. The third-order valence-corrected chi connectivity index (χ3v) is 1.92. The number of rotatable bonds is 3. The van der Waals surface area contributed by atoms with E-state index >= 15 is 0 Å². The molecule has 0 fully saturated rings. The Labute approximate surface area is 146 Å². The third kappa shape index (κ3) is 14.2. The number of hydrogen-bond acceptors (Lipinski definition) is 5. The van der Waals surface area contributed by atoms with Crippen molar-refractivity contribution in [2.45, 2.75) is 79.1 Å². The third-order valence-electron chi connectivity index (χ3n) is 1.92. The Morgan fingerprint density at radius 1 is 0.667 bits per heavy atom. The molecule has 0 atom stereocenters. The minimum atomic E-state index is -0.482. The highest BCUT2D eigenvalue weighted by atomic mass is 17.2. The highest BCUT2D eigenvalue weighted by Gasteiger charge is 2.18.